The SMILES string of the molecule is Cc1ccc(S(=O)(=O)N2CCN(C(=O)CC3C=CCC3)CC2)cc1. The van der Waals surface area contributed by atoms with Crippen molar-refractivity contribution in [1.82, 2.24) is 9.21 Å². The van der Waals surface area contributed by atoms with Crippen LogP contribution in [-0.4, -0.2) is 49.7 Å². The fourth-order valence-corrected chi connectivity index (χ4v) is 4.68. The van der Waals surface area contributed by atoms with E-state index in [0.717, 1.165) is 18.4 Å². The summed E-state index contributed by atoms with van der Waals surface area (Å²) in [5, 5.41) is 0. The quantitative estimate of drug-likeness (QED) is 0.784. The first-order valence-electron chi connectivity index (χ1n) is 8.48. The van der Waals surface area contributed by atoms with E-state index in [1.165, 1.54) is 4.31 Å². The maximum Gasteiger partial charge on any atom is 0.243 e. The fraction of sp³-hybridized carbons (Fsp3) is 0.500. The standard InChI is InChI=1S/C18H24N2O3S/c1-15-6-8-17(9-7-15)24(22,23)20-12-10-19(11-13-20)18(21)14-16-4-2-3-5-16/h2,4,6-9,16H,3,5,10-14H2,1H3. The normalized spacial score (nSPS) is 22.0. The van der Waals surface area contributed by atoms with E-state index in [4.69, 9.17) is 0 Å². The van der Waals surface area contributed by atoms with Crippen molar-refractivity contribution in [3.8, 4) is 0 Å². The van der Waals surface area contributed by atoms with Gasteiger partial charge in [0.05, 0.1) is 4.90 Å². The minimum absolute atomic E-state index is 0.138. The van der Waals surface area contributed by atoms with Gasteiger partial charge in [-0.2, -0.15) is 4.31 Å². The van der Waals surface area contributed by atoms with Crippen LogP contribution in [0.1, 0.15) is 24.8 Å². The minimum Gasteiger partial charge on any atom is -0.340 e. The summed E-state index contributed by atoms with van der Waals surface area (Å²) in [6.07, 6.45) is 6.90. The summed E-state index contributed by atoms with van der Waals surface area (Å²) in [6.45, 7) is 3.60. The zero-order valence-corrected chi connectivity index (χ0v) is 14.8. The van der Waals surface area contributed by atoms with Gasteiger partial charge >= 0.3 is 0 Å². The van der Waals surface area contributed by atoms with Crippen molar-refractivity contribution in [1.29, 1.82) is 0 Å². The van der Waals surface area contributed by atoms with E-state index >= 15 is 0 Å². The number of nitrogens with zero attached hydrogens (tertiary/aromatic N) is 2. The van der Waals surface area contributed by atoms with E-state index in [0.29, 0.717) is 43.4 Å². The number of hydrogen-bond donors (Lipinski definition) is 0. The molecule has 1 aliphatic carbocycles. The van der Waals surface area contributed by atoms with E-state index in [-0.39, 0.29) is 5.91 Å². The molecule has 1 aromatic rings. The molecule has 6 heteroatoms. The Morgan fingerprint density at radius 3 is 2.38 bits per heavy atom. The molecular weight excluding hydrogens is 324 g/mol. The highest BCUT2D eigenvalue weighted by Crippen LogP contribution is 2.23. The molecule has 1 aliphatic heterocycles. The number of sulfonamides is 1. The fourth-order valence-electron chi connectivity index (χ4n) is 3.26. The van der Waals surface area contributed by atoms with Gasteiger partial charge in [-0.3, -0.25) is 4.79 Å². The van der Waals surface area contributed by atoms with Gasteiger partial charge in [0.1, 0.15) is 0 Å². The Balaban J connectivity index is 1.58. The minimum atomic E-state index is -3.47. The largest absolute Gasteiger partial charge is 0.340 e. The summed E-state index contributed by atoms with van der Waals surface area (Å²) in [7, 11) is -3.47. The van der Waals surface area contributed by atoms with Gasteiger partial charge in [-0.05, 0) is 37.8 Å². The summed E-state index contributed by atoms with van der Waals surface area (Å²) < 4.78 is 26.8. The Hall–Kier alpha value is -1.66. The lowest BCUT2D eigenvalue weighted by molar-refractivity contribution is -0.133. The lowest BCUT2D eigenvalue weighted by Gasteiger charge is -2.34. The molecule has 0 spiro atoms. The number of hydrogen-bond acceptors (Lipinski definition) is 3. The lowest BCUT2D eigenvalue weighted by atomic mass is 10.0. The summed E-state index contributed by atoms with van der Waals surface area (Å²) in [5.41, 5.74) is 1.03. The molecule has 1 unspecified atom stereocenters. The van der Waals surface area contributed by atoms with Gasteiger partial charge in [0, 0.05) is 32.6 Å². The van der Waals surface area contributed by atoms with Crippen LogP contribution in [0.15, 0.2) is 41.3 Å². The average Bonchev–Trinajstić information content (AvgIpc) is 3.08. The number of rotatable bonds is 4. The van der Waals surface area contributed by atoms with Gasteiger partial charge in [-0.15, -0.1) is 0 Å². The third kappa shape index (κ3) is 3.70. The second-order valence-electron chi connectivity index (χ2n) is 6.57. The van der Waals surface area contributed by atoms with Crippen molar-refractivity contribution in [2.24, 2.45) is 5.92 Å². The zero-order valence-electron chi connectivity index (χ0n) is 14.0. The van der Waals surface area contributed by atoms with Crippen molar-refractivity contribution in [2.75, 3.05) is 26.2 Å². The number of aryl methyl sites for hydroxylation is 1. The van der Waals surface area contributed by atoms with Crippen molar-refractivity contribution in [3.05, 3.63) is 42.0 Å². The molecule has 1 heterocycles. The highest BCUT2D eigenvalue weighted by molar-refractivity contribution is 7.89. The van der Waals surface area contributed by atoms with E-state index in [2.05, 4.69) is 12.2 Å². The van der Waals surface area contributed by atoms with E-state index in [9.17, 15) is 13.2 Å². The molecule has 130 valence electrons. The third-order valence-corrected chi connectivity index (χ3v) is 6.71. The molecule has 0 radical (unpaired) electrons. The molecule has 0 saturated carbocycles. The highest BCUT2D eigenvalue weighted by atomic mass is 32.2. The van der Waals surface area contributed by atoms with Crippen molar-refractivity contribution in [2.45, 2.75) is 31.1 Å². The number of carbonyl (C=O) groups is 1. The molecule has 1 amide bonds. The van der Waals surface area contributed by atoms with Gasteiger partial charge < -0.3 is 4.90 Å². The molecule has 1 aromatic carbocycles. The lowest BCUT2D eigenvalue weighted by Crippen LogP contribution is -2.50. The first-order chi connectivity index (χ1) is 11.5. The maximum absolute atomic E-state index is 12.7. The summed E-state index contributed by atoms with van der Waals surface area (Å²) >= 11 is 0. The van der Waals surface area contributed by atoms with Crippen LogP contribution in [0.25, 0.3) is 0 Å². The average molecular weight is 348 g/mol. The van der Waals surface area contributed by atoms with Crippen LogP contribution in [-0.2, 0) is 14.8 Å². The van der Waals surface area contributed by atoms with E-state index < -0.39 is 10.0 Å². The van der Waals surface area contributed by atoms with Gasteiger partial charge in [0.25, 0.3) is 0 Å². The number of amides is 1. The Morgan fingerprint density at radius 1 is 1.12 bits per heavy atom. The first kappa shape index (κ1) is 17.2. The Morgan fingerprint density at radius 2 is 1.79 bits per heavy atom. The van der Waals surface area contributed by atoms with Gasteiger partial charge in [0.2, 0.25) is 15.9 Å². The monoisotopic (exact) mass is 348 g/mol. The maximum atomic E-state index is 12.7. The van der Waals surface area contributed by atoms with Gasteiger partial charge in [0.15, 0.2) is 0 Å². The second-order valence-corrected chi connectivity index (χ2v) is 8.51. The number of benzene rings is 1. The van der Waals surface area contributed by atoms with Gasteiger partial charge in [-0.1, -0.05) is 29.8 Å². The van der Waals surface area contributed by atoms with Gasteiger partial charge in [-0.25, -0.2) is 8.42 Å². The molecular formula is C18H24N2O3S. The number of piperazine rings is 1. The summed E-state index contributed by atoms with van der Waals surface area (Å²) in [5.74, 6) is 0.491. The molecule has 0 bridgehead atoms. The summed E-state index contributed by atoms with van der Waals surface area (Å²) in [4.78, 5) is 14.5. The molecule has 0 aromatic heterocycles. The summed E-state index contributed by atoms with van der Waals surface area (Å²) in [6, 6.07) is 6.91. The van der Waals surface area contributed by atoms with Crippen LogP contribution in [0, 0.1) is 12.8 Å². The smallest absolute Gasteiger partial charge is 0.243 e. The topological polar surface area (TPSA) is 57.7 Å². The number of carbonyl (C=O) groups excluding carboxylic acids is 1. The van der Waals surface area contributed by atoms with Crippen molar-refractivity contribution in [3.63, 3.8) is 0 Å². The Labute approximate surface area is 144 Å². The number of allylic oxidation sites excluding steroid dienone is 2. The molecule has 0 N–H and O–H groups in total. The third-order valence-electron chi connectivity index (χ3n) is 4.80. The van der Waals surface area contributed by atoms with E-state index in [1.807, 2.05) is 19.1 Å². The van der Waals surface area contributed by atoms with Crippen LogP contribution >= 0.6 is 0 Å². The van der Waals surface area contributed by atoms with Crippen molar-refractivity contribution < 1.29 is 13.2 Å². The van der Waals surface area contributed by atoms with E-state index in [1.54, 1.807) is 17.0 Å². The molecule has 1 atom stereocenters. The van der Waals surface area contributed by atoms with Crippen LogP contribution in [0.2, 0.25) is 0 Å². The molecule has 3 rings (SSSR count). The highest BCUT2D eigenvalue weighted by Gasteiger charge is 2.30. The van der Waals surface area contributed by atoms with Crippen LogP contribution < -0.4 is 0 Å². The molecule has 24 heavy (non-hydrogen) atoms. The Kier molecular flexibility index (Phi) is 5.06. The van der Waals surface area contributed by atoms with Crippen LogP contribution in [0.3, 0.4) is 0 Å². The van der Waals surface area contributed by atoms with Crippen molar-refractivity contribution >= 4 is 15.9 Å². The first-order valence-corrected chi connectivity index (χ1v) is 9.92. The molecule has 1 fully saturated rings. The zero-order chi connectivity index (χ0) is 17.2. The molecule has 2 aliphatic rings. The Bertz CT molecular complexity index is 717. The molecule has 5 nitrogen and oxygen atoms in total. The van der Waals surface area contributed by atoms with Crippen LogP contribution in [0.5, 0.6) is 0 Å². The predicted octanol–water partition coefficient (Wildman–Crippen LogP) is 2.18. The predicted molar refractivity (Wildman–Crippen MR) is 93.0 cm³/mol. The molecule has 1 saturated heterocycles. The van der Waals surface area contributed by atoms with Crippen LogP contribution in [0.4, 0.5) is 0 Å². The second kappa shape index (κ2) is 7.07.